The van der Waals surface area contributed by atoms with E-state index in [1.807, 2.05) is 17.0 Å². The van der Waals surface area contributed by atoms with Gasteiger partial charge in [0, 0.05) is 18.1 Å². The van der Waals surface area contributed by atoms with Gasteiger partial charge in [-0.05, 0) is 24.3 Å². The number of hydrogen-bond donors (Lipinski definition) is 0. The zero-order chi connectivity index (χ0) is 14.4. The van der Waals surface area contributed by atoms with Crippen molar-refractivity contribution in [1.29, 1.82) is 0 Å². The van der Waals surface area contributed by atoms with E-state index >= 15 is 0 Å². The number of rotatable bonds is 5. The second kappa shape index (κ2) is 7.47. The van der Waals surface area contributed by atoms with E-state index in [0.717, 1.165) is 5.75 Å². The zero-order valence-electron chi connectivity index (χ0n) is 11.4. The lowest BCUT2D eigenvalue weighted by Crippen LogP contribution is -2.51. The molecule has 0 amide bonds. The molecule has 1 aliphatic heterocycles. The molecule has 0 saturated carbocycles. The first kappa shape index (κ1) is 15.1. The fourth-order valence-corrected chi connectivity index (χ4v) is 2.20. The van der Waals surface area contributed by atoms with E-state index in [1.165, 1.54) is 7.11 Å². The van der Waals surface area contributed by atoms with Crippen LogP contribution in [0.15, 0.2) is 24.3 Å². The summed E-state index contributed by atoms with van der Waals surface area (Å²) in [6.45, 7) is 2.83. The third-order valence-electron chi connectivity index (χ3n) is 3.17. The van der Waals surface area contributed by atoms with E-state index in [2.05, 4.69) is 0 Å². The van der Waals surface area contributed by atoms with Crippen LogP contribution in [-0.4, -0.2) is 56.9 Å². The van der Waals surface area contributed by atoms with E-state index in [0.29, 0.717) is 37.9 Å². The molecule has 1 atom stereocenters. The van der Waals surface area contributed by atoms with Crippen molar-refractivity contribution < 1.29 is 19.0 Å². The summed E-state index contributed by atoms with van der Waals surface area (Å²) in [5.41, 5.74) is 0. The Balaban J connectivity index is 1.82. The first-order chi connectivity index (χ1) is 9.70. The minimum atomic E-state index is -0.345. The van der Waals surface area contributed by atoms with Crippen molar-refractivity contribution in [3.63, 3.8) is 0 Å². The SMILES string of the molecule is COC(=O)C1COCCN1CCOc1ccc(Cl)cc1. The number of esters is 1. The summed E-state index contributed by atoms with van der Waals surface area (Å²) in [5.74, 6) is 0.494. The topological polar surface area (TPSA) is 48.0 Å². The molecule has 0 N–H and O–H groups in total. The normalized spacial score (nSPS) is 19.6. The smallest absolute Gasteiger partial charge is 0.325 e. The van der Waals surface area contributed by atoms with E-state index in [4.69, 9.17) is 25.8 Å². The quantitative estimate of drug-likeness (QED) is 0.773. The highest BCUT2D eigenvalue weighted by atomic mass is 35.5. The van der Waals surface area contributed by atoms with Gasteiger partial charge in [0.2, 0.25) is 0 Å². The van der Waals surface area contributed by atoms with Crippen molar-refractivity contribution in [2.24, 2.45) is 0 Å². The summed E-state index contributed by atoms with van der Waals surface area (Å²) in [4.78, 5) is 13.7. The van der Waals surface area contributed by atoms with Crippen molar-refractivity contribution in [3.05, 3.63) is 29.3 Å². The molecule has 1 fully saturated rings. The van der Waals surface area contributed by atoms with Crippen LogP contribution in [0.25, 0.3) is 0 Å². The Kier molecular flexibility index (Phi) is 5.64. The molecular formula is C14H18ClNO4. The number of morpholine rings is 1. The molecular weight excluding hydrogens is 282 g/mol. The molecule has 2 rings (SSSR count). The van der Waals surface area contributed by atoms with Gasteiger partial charge in [-0.25, -0.2) is 0 Å². The third-order valence-corrected chi connectivity index (χ3v) is 3.43. The van der Waals surface area contributed by atoms with Gasteiger partial charge in [0.05, 0.1) is 20.3 Å². The molecule has 110 valence electrons. The Morgan fingerprint density at radius 1 is 1.45 bits per heavy atom. The highest BCUT2D eigenvalue weighted by Gasteiger charge is 2.29. The number of hydrogen-bond acceptors (Lipinski definition) is 5. The molecule has 0 aromatic heterocycles. The first-order valence-electron chi connectivity index (χ1n) is 6.48. The predicted octanol–water partition coefficient (Wildman–Crippen LogP) is 1.59. The number of methoxy groups -OCH3 is 1. The summed E-state index contributed by atoms with van der Waals surface area (Å²) < 4.78 is 15.7. The van der Waals surface area contributed by atoms with Gasteiger partial charge in [-0.3, -0.25) is 9.69 Å². The molecule has 1 aliphatic rings. The van der Waals surface area contributed by atoms with Crippen molar-refractivity contribution >= 4 is 17.6 Å². The maximum atomic E-state index is 11.6. The number of benzene rings is 1. The van der Waals surface area contributed by atoms with E-state index in [1.54, 1.807) is 12.1 Å². The molecule has 0 bridgehead atoms. The lowest BCUT2D eigenvalue weighted by Gasteiger charge is -2.33. The van der Waals surface area contributed by atoms with Crippen LogP contribution in [0.3, 0.4) is 0 Å². The van der Waals surface area contributed by atoms with Crippen LogP contribution in [0.5, 0.6) is 5.75 Å². The lowest BCUT2D eigenvalue weighted by atomic mass is 10.2. The van der Waals surface area contributed by atoms with Gasteiger partial charge in [-0.15, -0.1) is 0 Å². The minimum absolute atomic E-state index is 0.267. The van der Waals surface area contributed by atoms with E-state index in [-0.39, 0.29) is 12.0 Å². The number of carbonyl (C=O) groups excluding carboxylic acids is 1. The Labute approximate surface area is 123 Å². The highest BCUT2D eigenvalue weighted by Crippen LogP contribution is 2.16. The second-order valence-corrected chi connectivity index (χ2v) is 4.89. The van der Waals surface area contributed by atoms with Gasteiger partial charge in [-0.2, -0.15) is 0 Å². The minimum Gasteiger partial charge on any atom is -0.492 e. The molecule has 1 unspecified atom stereocenters. The summed E-state index contributed by atoms with van der Waals surface area (Å²) in [6, 6.07) is 6.85. The maximum Gasteiger partial charge on any atom is 0.325 e. The van der Waals surface area contributed by atoms with Crippen molar-refractivity contribution in [2.45, 2.75) is 6.04 Å². The Morgan fingerprint density at radius 2 is 2.20 bits per heavy atom. The fourth-order valence-electron chi connectivity index (χ4n) is 2.07. The van der Waals surface area contributed by atoms with Crippen molar-refractivity contribution in [1.82, 2.24) is 4.90 Å². The van der Waals surface area contributed by atoms with Gasteiger partial charge in [0.1, 0.15) is 18.4 Å². The fraction of sp³-hybridized carbons (Fsp3) is 0.500. The van der Waals surface area contributed by atoms with Crippen LogP contribution in [0.2, 0.25) is 5.02 Å². The van der Waals surface area contributed by atoms with Gasteiger partial charge in [0.15, 0.2) is 0 Å². The third kappa shape index (κ3) is 4.10. The van der Waals surface area contributed by atoms with E-state index in [9.17, 15) is 4.79 Å². The largest absolute Gasteiger partial charge is 0.492 e. The highest BCUT2D eigenvalue weighted by molar-refractivity contribution is 6.30. The van der Waals surface area contributed by atoms with Gasteiger partial charge in [-0.1, -0.05) is 11.6 Å². The molecule has 0 spiro atoms. The molecule has 0 aliphatic carbocycles. The molecule has 0 radical (unpaired) electrons. The molecule has 1 saturated heterocycles. The predicted molar refractivity (Wildman–Crippen MR) is 75.1 cm³/mol. The lowest BCUT2D eigenvalue weighted by molar-refractivity contribution is -0.153. The summed E-state index contributed by atoms with van der Waals surface area (Å²) in [6.07, 6.45) is 0. The van der Waals surface area contributed by atoms with Crippen LogP contribution >= 0.6 is 11.6 Å². The van der Waals surface area contributed by atoms with E-state index < -0.39 is 0 Å². The maximum absolute atomic E-state index is 11.6. The Morgan fingerprint density at radius 3 is 2.90 bits per heavy atom. The first-order valence-corrected chi connectivity index (χ1v) is 6.86. The molecule has 1 aromatic carbocycles. The summed E-state index contributed by atoms with van der Waals surface area (Å²) in [5, 5.41) is 0.677. The average Bonchev–Trinajstić information content (AvgIpc) is 2.49. The van der Waals surface area contributed by atoms with Crippen LogP contribution in [-0.2, 0) is 14.3 Å². The molecule has 1 heterocycles. The standard InChI is InChI=1S/C14H18ClNO4/c1-18-14(17)13-10-19-8-6-16(13)7-9-20-12-4-2-11(15)3-5-12/h2-5,13H,6-10H2,1H3. The second-order valence-electron chi connectivity index (χ2n) is 4.45. The van der Waals surface area contributed by atoms with Crippen molar-refractivity contribution in [3.8, 4) is 5.75 Å². The summed E-state index contributed by atoms with van der Waals surface area (Å²) >= 11 is 5.81. The monoisotopic (exact) mass is 299 g/mol. The zero-order valence-corrected chi connectivity index (χ0v) is 12.1. The molecule has 1 aromatic rings. The van der Waals surface area contributed by atoms with Crippen molar-refractivity contribution in [2.75, 3.05) is 40.0 Å². The number of carbonyl (C=O) groups is 1. The molecule has 20 heavy (non-hydrogen) atoms. The number of nitrogens with zero attached hydrogens (tertiary/aromatic N) is 1. The Hall–Kier alpha value is -1.30. The van der Waals surface area contributed by atoms with Gasteiger partial charge in [0.25, 0.3) is 0 Å². The van der Waals surface area contributed by atoms with Gasteiger partial charge >= 0.3 is 5.97 Å². The van der Waals surface area contributed by atoms with Crippen LogP contribution in [0, 0.1) is 0 Å². The Bertz CT molecular complexity index is 437. The van der Waals surface area contributed by atoms with Gasteiger partial charge < -0.3 is 14.2 Å². The van der Waals surface area contributed by atoms with Crippen LogP contribution in [0.1, 0.15) is 0 Å². The van der Waals surface area contributed by atoms with Crippen LogP contribution < -0.4 is 4.74 Å². The molecule has 6 heteroatoms. The average molecular weight is 300 g/mol. The number of ether oxygens (including phenoxy) is 3. The molecule has 5 nitrogen and oxygen atoms in total. The number of halogens is 1. The summed E-state index contributed by atoms with van der Waals surface area (Å²) in [7, 11) is 1.39. The van der Waals surface area contributed by atoms with Crippen LogP contribution in [0.4, 0.5) is 0 Å².